The van der Waals surface area contributed by atoms with Gasteiger partial charge in [-0.05, 0) is 46.2 Å². The lowest BCUT2D eigenvalue weighted by Gasteiger charge is -2.17. The van der Waals surface area contributed by atoms with E-state index in [0.29, 0.717) is 13.0 Å². The lowest BCUT2D eigenvalue weighted by atomic mass is 10.0. The van der Waals surface area contributed by atoms with E-state index in [-0.39, 0.29) is 11.8 Å². The van der Waals surface area contributed by atoms with Gasteiger partial charge >= 0.3 is 0 Å². The lowest BCUT2D eigenvalue weighted by Crippen LogP contribution is -2.47. The van der Waals surface area contributed by atoms with Gasteiger partial charge in [0.05, 0.1) is 7.11 Å². The molecule has 0 radical (unpaired) electrons. The number of aromatic nitrogens is 1. The van der Waals surface area contributed by atoms with Gasteiger partial charge < -0.3 is 20.4 Å². The maximum atomic E-state index is 12.9. The average Bonchev–Trinajstić information content (AvgIpc) is 3.19. The molecule has 2 amide bonds. The molecule has 1 unspecified atom stereocenters. The summed E-state index contributed by atoms with van der Waals surface area (Å²) in [7, 11) is 1.65. The van der Waals surface area contributed by atoms with Gasteiger partial charge in [0.25, 0.3) is 0 Å². The maximum Gasteiger partial charge on any atom is 0.243 e. The number of nitrogens with one attached hydrogen (secondary N) is 3. The topological polar surface area (TPSA) is 83.2 Å². The van der Waals surface area contributed by atoms with E-state index >= 15 is 0 Å². The van der Waals surface area contributed by atoms with Gasteiger partial charge in [-0.1, -0.05) is 36.4 Å². The number of carbonyl (C=O) groups excluding carboxylic acids is 2. The molecule has 4 aromatic rings. The van der Waals surface area contributed by atoms with Gasteiger partial charge in [0.2, 0.25) is 11.8 Å². The van der Waals surface area contributed by atoms with Crippen molar-refractivity contribution >= 4 is 33.5 Å². The number of hydrogen-bond donors (Lipinski definition) is 3. The molecule has 1 aromatic heterocycles. The van der Waals surface area contributed by atoms with Crippen LogP contribution in [0.25, 0.3) is 21.7 Å². The van der Waals surface area contributed by atoms with E-state index in [0.717, 1.165) is 38.6 Å². The van der Waals surface area contributed by atoms with Crippen LogP contribution in [0.2, 0.25) is 0 Å². The van der Waals surface area contributed by atoms with Crippen molar-refractivity contribution in [2.24, 2.45) is 0 Å². The Bertz CT molecular complexity index is 1250. The number of fused-ring (bicyclic) bond motifs is 2. The van der Waals surface area contributed by atoms with E-state index in [2.05, 4.69) is 15.6 Å². The summed E-state index contributed by atoms with van der Waals surface area (Å²) in [6, 6.07) is 19.2. The molecule has 158 valence electrons. The van der Waals surface area contributed by atoms with Crippen molar-refractivity contribution in [1.29, 1.82) is 0 Å². The van der Waals surface area contributed by atoms with Crippen LogP contribution in [-0.2, 0) is 22.6 Å². The quantitative estimate of drug-likeness (QED) is 0.430. The second kappa shape index (κ2) is 8.92. The van der Waals surface area contributed by atoms with E-state index in [1.54, 1.807) is 7.11 Å². The van der Waals surface area contributed by atoms with E-state index in [4.69, 9.17) is 4.74 Å². The highest BCUT2D eigenvalue weighted by molar-refractivity contribution is 5.89. The minimum Gasteiger partial charge on any atom is -0.497 e. The first-order valence-corrected chi connectivity index (χ1v) is 10.2. The number of carbonyl (C=O) groups is 2. The molecule has 1 heterocycles. The van der Waals surface area contributed by atoms with Gasteiger partial charge in [0, 0.05) is 37.0 Å². The Hall–Kier alpha value is -3.80. The fourth-order valence-corrected chi connectivity index (χ4v) is 3.80. The predicted octanol–water partition coefficient (Wildman–Crippen LogP) is 3.69. The normalized spacial score (nSPS) is 11.9. The summed E-state index contributed by atoms with van der Waals surface area (Å²) in [5.41, 5.74) is 2.98. The molecular weight excluding hydrogens is 390 g/mol. The maximum absolute atomic E-state index is 12.9. The number of methoxy groups -OCH3 is 1. The highest BCUT2D eigenvalue weighted by Gasteiger charge is 2.21. The minimum atomic E-state index is -0.651. The van der Waals surface area contributed by atoms with Crippen LogP contribution >= 0.6 is 0 Å². The molecule has 0 bridgehead atoms. The van der Waals surface area contributed by atoms with E-state index < -0.39 is 6.04 Å². The summed E-state index contributed by atoms with van der Waals surface area (Å²) in [5.74, 6) is 0.360. The zero-order chi connectivity index (χ0) is 21.8. The first kappa shape index (κ1) is 20.5. The van der Waals surface area contributed by atoms with Crippen LogP contribution in [0.5, 0.6) is 5.75 Å². The molecule has 4 rings (SSSR count). The molecular formula is C25H25N3O3. The van der Waals surface area contributed by atoms with E-state index in [1.165, 1.54) is 6.92 Å². The van der Waals surface area contributed by atoms with Crippen molar-refractivity contribution in [3.8, 4) is 5.75 Å². The summed E-state index contributed by atoms with van der Waals surface area (Å²) in [5, 5.41) is 8.95. The summed E-state index contributed by atoms with van der Waals surface area (Å²) in [6.45, 7) is 1.80. The van der Waals surface area contributed by atoms with Crippen LogP contribution in [0.15, 0.2) is 66.9 Å². The summed E-state index contributed by atoms with van der Waals surface area (Å²) in [6.07, 6.45) is 2.30. The van der Waals surface area contributed by atoms with Crippen LogP contribution in [-0.4, -0.2) is 29.9 Å². The molecule has 0 saturated heterocycles. The molecule has 6 heteroatoms. The van der Waals surface area contributed by atoms with Crippen LogP contribution in [0.3, 0.4) is 0 Å². The SMILES string of the molecule is COc1ccc2cc(CNC(=O)C(Cc3c[nH]c4ccccc34)NC(C)=O)ccc2c1. The average molecular weight is 415 g/mol. The smallest absolute Gasteiger partial charge is 0.243 e. The molecule has 0 fully saturated rings. The Balaban J connectivity index is 1.47. The Morgan fingerprint density at radius 2 is 1.81 bits per heavy atom. The third kappa shape index (κ3) is 4.69. The van der Waals surface area contributed by atoms with Crippen molar-refractivity contribution in [3.63, 3.8) is 0 Å². The molecule has 6 nitrogen and oxygen atoms in total. The van der Waals surface area contributed by atoms with Gasteiger partial charge in [-0.15, -0.1) is 0 Å². The number of rotatable bonds is 7. The molecule has 0 aliphatic carbocycles. The molecule has 0 aliphatic heterocycles. The number of aromatic amines is 1. The molecule has 3 aromatic carbocycles. The third-order valence-electron chi connectivity index (χ3n) is 5.37. The number of H-pyrrole nitrogens is 1. The largest absolute Gasteiger partial charge is 0.497 e. The standard InChI is InChI=1S/C25H25N3O3/c1-16(29)28-24(13-20-15-26-23-6-4-3-5-22(20)23)25(30)27-14-17-7-8-19-12-21(31-2)10-9-18(19)11-17/h3-12,15,24,26H,13-14H2,1-2H3,(H,27,30)(H,28,29). The zero-order valence-corrected chi connectivity index (χ0v) is 17.6. The fraction of sp³-hybridized carbons (Fsp3) is 0.200. The van der Waals surface area contributed by atoms with E-state index in [1.807, 2.05) is 66.9 Å². The van der Waals surface area contributed by atoms with E-state index in [9.17, 15) is 9.59 Å². The highest BCUT2D eigenvalue weighted by Crippen LogP contribution is 2.22. The second-order valence-electron chi connectivity index (χ2n) is 7.58. The molecule has 3 N–H and O–H groups in total. The predicted molar refractivity (Wildman–Crippen MR) is 122 cm³/mol. The Labute approximate surface area is 180 Å². The van der Waals surface area contributed by atoms with Gasteiger partial charge in [-0.3, -0.25) is 9.59 Å². The highest BCUT2D eigenvalue weighted by atomic mass is 16.5. The first-order valence-electron chi connectivity index (χ1n) is 10.2. The fourth-order valence-electron chi connectivity index (χ4n) is 3.80. The van der Waals surface area contributed by atoms with Crippen molar-refractivity contribution in [2.75, 3.05) is 7.11 Å². The number of ether oxygens (including phenoxy) is 1. The minimum absolute atomic E-state index is 0.213. The number of para-hydroxylation sites is 1. The molecule has 0 saturated carbocycles. The van der Waals surface area contributed by atoms with Crippen molar-refractivity contribution in [3.05, 3.63) is 78.0 Å². The van der Waals surface area contributed by atoms with Gasteiger partial charge in [0.1, 0.15) is 11.8 Å². The summed E-state index contributed by atoms with van der Waals surface area (Å²) >= 11 is 0. The lowest BCUT2D eigenvalue weighted by molar-refractivity contribution is -0.128. The zero-order valence-electron chi connectivity index (χ0n) is 17.6. The number of amides is 2. The van der Waals surface area contributed by atoms with Crippen LogP contribution in [0.1, 0.15) is 18.1 Å². The van der Waals surface area contributed by atoms with Crippen LogP contribution in [0, 0.1) is 0 Å². The summed E-state index contributed by atoms with van der Waals surface area (Å²) < 4.78 is 5.27. The molecule has 0 spiro atoms. The van der Waals surface area contributed by atoms with Gasteiger partial charge in [-0.2, -0.15) is 0 Å². The molecule has 1 atom stereocenters. The van der Waals surface area contributed by atoms with Crippen molar-refractivity contribution in [1.82, 2.24) is 15.6 Å². The third-order valence-corrected chi connectivity index (χ3v) is 5.37. The second-order valence-corrected chi connectivity index (χ2v) is 7.58. The first-order chi connectivity index (χ1) is 15.0. The molecule has 0 aliphatic rings. The van der Waals surface area contributed by atoms with Gasteiger partial charge in [0.15, 0.2) is 0 Å². The monoisotopic (exact) mass is 415 g/mol. The Morgan fingerprint density at radius 1 is 1.03 bits per heavy atom. The van der Waals surface area contributed by atoms with Crippen molar-refractivity contribution < 1.29 is 14.3 Å². The number of benzene rings is 3. The van der Waals surface area contributed by atoms with Crippen LogP contribution < -0.4 is 15.4 Å². The van der Waals surface area contributed by atoms with Gasteiger partial charge in [-0.25, -0.2) is 0 Å². The van der Waals surface area contributed by atoms with Crippen molar-refractivity contribution in [2.45, 2.75) is 25.9 Å². The van der Waals surface area contributed by atoms with Crippen LogP contribution in [0.4, 0.5) is 0 Å². The number of hydrogen-bond acceptors (Lipinski definition) is 3. The molecule has 31 heavy (non-hydrogen) atoms. The Kier molecular flexibility index (Phi) is 5.89. The summed E-state index contributed by atoms with van der Waals surface area (Å²) in [4.78, 5) is 27.8. The Morgan fingerprint density at radius 3 is 2.61 bits per heavy atom.